The Morgan fingerprint density at radius 2 is 2.18 bits per heavy atom. The lowest BCUT2D eigenvalue weighted by Gasteiger charge is -2.27. The van der Waals surface area contributed by atoms with Crippen molar-refractivity contribution < 1.29 is 23.2 Å². The maximum atomic E-state index is 12.2. The van der Waals surface area contributed by atoms with Gasteiger partial charge in [-0.1, -0.05) is 0 Å². The van der Waals surface area contributed by atoms with Crippen LogP contribution in [0.15, 0.2) is 12.3 Å². The first-order chi connectivity index (χ1) is 10.1. The smallest absolute Gasteiger partial charge is 0.318 e. The molecule has 1 aliphatic rings. The number of amides is 2. The largest absolute Gasteiger partial charge is 0.328 e. The van der Waals surface area contributed by atoms with E-state index in [1.54, 1.807) is 6.20 Å². The molecule has 0 unspecified atom stereocenters. The number of hydrogen-bond acceptors (Lipinski definition) is 5. The molecule has 2 rings (SSSR count). The number of hydroxylamine groups is 1. The lowest BCUT2D eigenvalue weighted by atomic mass is 10.1. The summed E-state index contributed by atoms with van der Waals surface area (Å²) in [5.41, 5.74) is 2.21. The molecule has 0 spiro atoms. The Balaban J connectivity index is 2.14. The lowest BCUT2D eigenvalue weighted by molar-refractivity contribution is -0.131. The number of aromatic nitrogens is 1. The second-order valence-corrected chi connectivity index (χ2v) is 9.11. The minimum atomic E-state index is -3.76. The highest BCUT2D eigenvalue weighted by Gasteiger charge is 2.44. The highest BCUT2D eigenvalue weighted by molar-refractivity contribution is 14.1. The Morgan fingerprint density at radius 3 is 2.68 bits per heavy atom. The minimum absolute atomic E-state index is 0.0914. The van der Waals surface area contributed by atoms with Gasteiger partial charge in [0.05, 0.1) is 6.54 Å². The van der Waals surface area contributed by atoms with Crippen molar-refractivity contribution in [1.29, 1.82) is 0 Å². The molecule has 1 atom stereocenters. The molecule has 22 heavy (non-hydrogen) atoms. The molecule has 1 aromatic heterocycles. The van der Waals surface area contributed by atoms with Crippen molar-refractivity contribution in [2.45, 2.75) is 24.6 Å². The number of fused-ring (bicyclic) bond motifs is 1. The van der Waals surface area contributed by atoms with E-state index in [0.717, 1.165) is 15.5 Å². The summed E-state index contributed by atoms with van der Waals surface area (Å²) in [6.07, 6.45) is 2.53. The van der Waals surface area contributed by atoms with Crippen LogP contribution in [-0.4, -0.2) is 52.6 Å². The van der Waals surface area contributed by atoms with Crippen molar-refractivity contribution in [3.8, 4) is 0 Å². The van der Waals surface area contributed by atoms with Crippen LogP contribution in [0.3, 0.4) is 0 Å². The number of carbonyl (C=O) groups excluding carboxylic acids is 2. The SMILES string of the molecule is C[C@@](CCN1Cc2cc(I)cn2C1=O)(C(=O)NO)S(C)(=O)=O. The van der Waals surface area contributed by atoms with Gasteiger partial charge in [0, 0.05) is 28.3 Å². The van der Waals surface area contributed by atoms with E-state index in [-0.39, 0.29) is 19.0 Å². The predicted molar refractivity (Wildman–Crippen MR) is 86.1 cm³/mol. The Morgan fingerprint density at radius 1 is 1.55 bits per heavy atom. The Labute approximate surface area is 141 Å². The number of nitrogens with one attached hydrogen (secondary N) is 1. The molecular formula is C12H16IN3O5S. The molecule has 0 bridgehead atoms. The van der Waals surface area contributed by atoms with Crippen LogP contribution in [0.4, 0.5) is 4.79 Å². The van der Waals surface area contributed by atoms with E-state index in [0.29, 0.717) is 6.54 Å². The van der Waals surface area contributed by atoms with Gasteiger partial charge in [-0.2, -0.15) is 0 Å². The maximum absolute atomic E-state index is 12.2. The first-order valence-corrected chi connectivity index (χ1v) is 9.37. The van der Waals surface area contributed by atoms with Crippen LogP contribution in [0, 0.1) is 3.57 Å². The summed E-state index contributed by atoms with van der Waals surface area (Å²) in [5, 5.41) is 8.77. The van der Waals surface area contributed by atoms with Crippen LogP contribution in [0.1, 0.15) is 19.0 Å². The molecule has 10 heteroatoms. The third-order valence-corrected chi connectivity index (χ3v) is 6.57. The molecule has 2 amide bonds. The number of rotatable bonds is 5. The van der Waals surface area contributed by atoms with Crippen LogP contribution >= 0.6 is 22.6 Å². The second kappa shape index (κ2) is 5.81. The fraction of sp³-hybridized carbons (Fsp3) is 0.500. The van der Waals surface area contributed by atoms with Crippen LogP contribution in [0.5, 0.6) is 0 Å². The molecule has 1 aliphatic heterocycles. The topological polar surface area (TPSA) is 109 Å². The van der Waals surface area contributed by atoms with Crippen molar-refractivity contribution in [2.24, 2.45) is 0 Å². The molecule has 1 aromatic rings. The quantitative estimate of drug-likeness (QED) is 0.395. The van der Waals surface area contributed by atoms with Gasteiger partial charge in [0.25, 0.3) is 5.91 Å². The zero-order chi connectivity index (χ0) is 16.7. The van der Waals surface area contributed by atoms with E-state index in [2.05, 4.69) is 22.6 Å². The first-order valence-electron chi connectivity index (χ1n) is 6.40. The van der Waals surface area contributed by atoms with Crippen molar-refractivity contribution in [2.75, 3.05) is 12.8 Å². The minimum Gasteiger partial charge on any atom is -0.318 e. The van der Waals surface area contributed by atoms with Gasteiger partial charge in [-0.25, -0.2) is 18.7 Å². The van der Waals surface area contributed by atoms with E-state index in [4.69, 9.17) is 5.21 Å². The van der Waals surface area contributed by atoms with Gasteiger partial charge in [0.1, 0.15) is 0 Å². The molecule has 2 N–H and O–H groups in total. The van der Waals surface area contributed by atoms with Gasteiger partial charge < -0.3 is 4.90 Å². The standard InChI is InChI=1S/C12H16IN3O5S/c1-12(10(17)14-19,22(2,20)21)3-4-15-7-9-5-8(13)6-16(9)11(15)18/h5-6,19H,3-4,7H2,1-2H3,(H,14,17)/t12-/m1/s1. The number of sulfone groups is 1. The summed E-state index contributed by atoms with van der Waals surface area (Å²) in [7, 11) is -3.76. The average molecular weight is 441 g/mol. The fourth-order valence-corrected chi connectivity index (χ4v) is 3.78. The molecule has 0 saturated heterocycles. The third kappa shape index (κ3) is 2.86. The Kier molecular flexibility index (Phi) is 4.55. The molecule has 0 aromatic carbocycles. The predicted octanol–water partition coefficient (Wildman–Crippen LogP) is 0.575. The molecule has 0 fully saturated rings. The van der Waals surface area contributed by atoms with Crippen molar-refractivity contribution in [3.63, 3.8) is 0 Å². The molecule has 2 heterocycles. The van der Waals surface area contributed by atoms with Crippen molar-refractivity contribution in [1.82, 2.24) is 14.9 Å². The van der Waals surface area contributed by atoms with Crippen LogP contribution in [0.2, 0.25) is 0 Å². The first kappa shape index (κ1) is 17.2. The summed E-state index contributed by atoms with van der Waals surface area (Å²) >= 11 is 2.11. The van der Waals surface area contributed by atoms with Gasteiger partial charge in [0.2, 0.25) is 0 Å². The zero-order valence-electron chi connectivity index (χ0n) is 12.0. The Bertz CT molecular complexity index is 729. The van der Waals surface area contributed by atoms with Crippen molar-refractivity contribution >= 4 is 44.4 Å². The summed E-state index contributed by atoms with van der Waals surface area (Å²) in [6, 6.07) is 1.62. The maximum Gasteiger partial charge on any atom is 0.328 e. The van der Waals surface area contributed by atoms with Gasteiger partial charge in [0.15, 0.2) is 14.6 Å². The number of halogens is 1. The highest BCUT2D eigenvalue weighted by atomic mass is 127. The van der Waals surface area contributed by atoms with E-state index < -0.39 is 20.5 Å². The van der Waals surface area contributed by atoms with E-state index in [1.165, 1.54) is 21.9 Å². The van der Waals surface area contributed by atoms with Gasteiger partial charge in [-0.3, -0.25) is 14.6 Å². The van der Waals surface area contributed by atoms with E-state index in [9.17, 15) is 18.0 Å². The second-order valence-electron chi connectivity index (χ2n) is 5.42. The summed E-state index contributed by atoms with van der Waals surface area (Å²) in [5.74, 6) is -1.00. The molecule has 122 valence electrons. The third-order valence-electron chi connectivity index (χ3n) is 3.95. The van der Waals surface area contributed by atoms with E-state index >= 15 is 0 Å². The molecular weight excluding hydrogens is 425 g/mol. The molecule has 0 saturated carbocycles. The molecule has 8 nitrogen and oxygen atoms in total. The van der Waals surface area contributed by atoms with Crippen LogP contribution in [-0.2, 0) is 21.2 Å². The summed E-state index contributed by atoms with van der Waals surface area (Å²) in [4.78, 5) is 25.4. The summed E-state index contributed by atoms with van der Waals surface area (Å²) < 4.78 is 24.4. The highest BCUT2D eigenvalue weighted by Crippen LogP contribution is 2.25. The van der Waals surface area contributed by atoms with E-state index in [1.807, 2.05) is 6.07 Å². The zero-order valence-corrected chi connectivity index (χ0v) is 15.0. The fourth-order valence-electron chi connectivity index (χ4n) is 2.30. The van der Waals surface area contributed by atoms with Gasteiger partial charge >= 0.3 is 6.03 Å². The van der Waals surface area contributed by atoms with Crippen molar-refractivity contribution in [3.05, 3.63) is 21.5 Å². The number of carbonyl (C=O) groups is 2. The monoisotopic (exact) mass is 441 g/mol. The number of hydrogen-bond donors (Lipinski definition) is 2. The summed E-state index contributed by atoms with van der Waals surface area (Å²) in [6.45, 7) is 1.69. The Hall–Kier alpha value is -1.14. The number of nitrogens with zero attached hydrogens (tertiary/aromatic N) is 2. The lowest BCUT2D eigenvalue weighted by Crippen LogP contribution is -2.50. The van der Waals surface area contributed by atoms with Gasteiger partial charge in [-0.05, 0) is 42.0 Å². The molecule has 0 radical (unpaired) electrons. The van der Waals surface area contributed by atoms with Gasteiger partial charge in [-0.15, -0.1) is 0 Å². The van der Waals surface area contributed by atoms with Crippen LogP contribution < -0.4 is 5.48 Å². The molecule has 0 aliphatic carbocycles. The average Bonchev–Trinajstić information content (AvgIpc) is 2.92. The van der Waals surface area contributed by atoms with Crippen LogP contribution in [0.25, 0.3) is 0 Å². The normalized spacial score (nSPS) is 17.3.